The summed E-state index contributed by atoms with van der Waals surface area (Å²) in [6.07, 6.45) is 3.01. The fourth-order valence-corrected chi connectivity index (χ4v) is 4.56. The summed E-state index contributed by atoms with van der Waals surface area (Å²) in [5.74, 6) is -0.935. The summed E-state index contributed by atoms with van der Waals surface area (Å²) in [7, 11) is 0. The zero-order chi connectivity index (χ0) is 23.4. The van der Waals surface area contributed by atoms with Gasteiger partial charge in [0.2, 0.25) is 17.7 Å². The molecule has 2 aliphatic heterocycles. The molecule has 3 amide bonds. The lowest BCUT2D eigenvalue weighted by Crippen LogP contribution is -2.46. The van der Waals surface area contributed by atoms with Crippen LogP contribution in [-0.4, -0.2) is 59.7 Å². The van der Waals surface area contributed by atoms with Gasteiger partial charge in [-0.2, -0.15) is 0 Å². The first-order valence-corrected chi connectivity index (χ1v) is 11.3. The maximum atomic E-state index is 13.3. The summed E-state index contributed by atoms with van der Waals surface area (Å²) in [4.78, 5) is 41.4. The molecule has 33 heavy (non-hydrogen) atoms. The fraction of sp³-hybridized carbons (Fsp3) is 0.346. The van der Waals surface area contributed by atoms with E-state index < -0.39 is 12.0 Å². The average Bonchev–Trinajstić information content (AvgIpc) is 3.19. The van der Waals surface area contributed by atoms with E-state index in [0.29, 0.717) is 45.4 Å². The summed E-state index contributed by atoms with van der Waals surface area (Å²) in [6, 6.07) is 13.6. The van der Waals surface area contributed by atoms with Gasteiger partial charge in [-0.25, -0.2) is 4.39 Å². The van der Waals surface area contributed by atoms with E-state index in [1.807, 2.05) is 24.3 Å². The van der Waals surface area contributed by atoms with Crippen LogP contribution < -0.4 is 5.32 Å². The smallest absolute Gasteiger partial charge is 0.245 e. The number of hydrogen-bond acceptors (Lipinski definition) is 3. The van der Waals surface area contributed by atoms with E-state index in [0.717, 1.165) is 16.7 Å². The maximum absolute atomic E-state index is 13.3. The lowest BCUT2D eigenvalue weighted by molar-refractivity contribution is -0.136. The Morgan fingerprint density at radius 1 is 1.12 bits per heavy atom. The Hall–Kier alpha value is -3.48. The van der Waals surface area contributed by atoms with Crippen molar-refractivity contribution in [1.82, 2.24) is 15.1 Å². The first kappa shape index (κ1) is 22.7. The van der Waals surface area contributed by atoms with Crippen LogP contribution in [0.15, 0.2) is 61.2 Å². The van der Waals surface area contributed by atoms with Crippen molar-refractivity contribution >= 4 is 17.7 Å². The number of nitrogens with zero attached hydrogens (tertiary/aromatic N) is 2. The van der Waals surface area contributed by atoms with Gasteiger partial charge in [-0.1, -0.05) is 42.5 Å². The highest BCUT2D eigenvalue weighted by atomic mass is 19.1. The molecule has 2 aromatic rings. The van der Waals surface area contributed by atoms with Gasteiger partial charge in [-0.15, -0.1) is 6.58 Å². The normalized spacial score (nSPS) is 21.0. The Kier molecular flexibility index (Phi) is 6.87. The summed E-state index contributed by atoms with van der Waals surface area (Å²) in [5, 5.41) is 2.74. The monoisotopic (exact) mass is 449 g/mol. The minimum absolute atomic E-state index is 0.00663. The number of carbonyl (C=O) groups is 3. The molecule has 1 N–H and O–H groups in total. The Morgan fingerprint density at radius 2 is 1.91 bits per heavy atom. The molecule has 4 rings (SSSR count). The van der Waals surface area contributed by atoms with Crippen molar-refractivity contribution < 1.29 is 18.8 Å². The van der Waals surface area contributed by atoms with E-state index in [-0.39, 0.29) is 23.5 Å². The number of carbonyl (C=O) groups excluding carboxylic acids is 3. The Bertz CT molecular complexity index is 1050. The molecule has 2 fully saturated rings. The third kappa shape index (κ3) is 5.30. The fourth-order valence-electron chi connectivity index (χ4n) is 4.56. The molecule has 2 atom stereocenters. The largest absolute Gasteiger partial charge is 0.344 e. The van der Waals surface area contributed by atoms with Crippen LogP contribution in [-0.2, 0) is 20.8 Å². The van der Waals surface area contributed by atoms with Crippen LogP contribution in [0.4, 0.5) is 4.39 Å². The Balaban J connectivity index is 1.55. The van der Waals surface area contributed by atoms with Gasteiger partial charge in [0.25, 0.3) is 0 Å². The van der Waals surface area contributed by atoms with E-state index in [1.165, 1.54) is 12.1 Å². The Morgan fingerprint density at radius 3 is 2.61 bits per heavy atom. The second kappa shape index (κ2) is 9.98. The van der Waals surface area contributed by atoms with Crippen molar-refractivity contribution in [3.8, 4) is 11.1 Å². The summed E-state index contributed by atoms with van der Waals surface area (Å²) in [5.41, 5.74) is 2.81. The van der Waals surface area contributed by atoms with Crippen LogP contribution in [0.25, 0.3) is 11.1 Å². The van der Waals surface area contributed by atoms with Crippen LogP contribution in [0.5, 0.6) is 0 Å². The molecule has 0 aromatic heterocycles. The van der Waals surface area contributed by atoms with Crippen LogP contribution in [0.2, 0.25) is 0 Å². The lowest BCUT2D eigenvalue weighted by Gasteiger charge is -2.26. The number of nitrogens with one attached hydrogen (secondary N) is 1. The molecule has 6 nitrogen and oxygen atoms in total. The quantitative estimate of drug-likeness (QED) is 0.690. The lowest BCUT2D eigenvalue weighted by atomic mass is 9.94. The van der Waals surface area contributed by atoms with Crippen molar-refractivity contribution in [2.75, 3.05) is 26.2 Å². The molecule has 2 heterocycles. The highest BCUT2D eigenvalue weighted by Crippen LogP contribution is 2.24. The average molecular weight is 450 g/mol. The predicted molar refractivity (Wildman–Crippen MR) is 124 cm³/mol. The van der Waals surface area contributed by atoms with Gasteiger partial charge < -0.3 is 15.1 Å². The molecule has 2 aliphatic rings. The summed E-state index contributed by atoms with van der Waals surface area (Å²) >= 11 is 0. The standard InChI is InChI=1S/C26H28FN3O3/c1-2-12-29-13-14-30(26(33)23-10-11-24(31)28-23)17-21(25(29)32)16-18-4-3-5-20(15-18)19-6-8-22(27)9-7-19/h2-9,15,21,23H,1,10-14,16-17H2,(H,28,31)/t21-,23-/m0/s1. The third-order valence-electron chi connectivity index (χ3n) is 6.28. The van der Waals surface area contributed by atoms with Crippen LogP contribution >= 0.6 is 0 Å². The minimum Gasteiger partial charge on any atom is -0.344 e. The van der Waals surface area contributed by atoms with Gasteiger partial charge in [-0.3, -0.25) is 14.4 Å². The van der Waals surface area contributed by atoms with Crippen molar-refractivity contribution in [2.24, 2.45) is 5.92 Å². The van der Waals surface area contributed by atoms with Gasteiger partial charge in [-0.05, 0) is 41.7 Å². The van der Waals surface area contributed by atoms with Crippen molar-refractivity contribution in [3.63, 3.8) is 0 Å². The second-order valence-corrected chi connectivity index (χ2v) is 8.62. The molecule has 172 valence electrons. The molecule has 2 saturated heterocycles. The third-order valence-corrected chi connectivity index (χ3v) is 6.28. The topological polar surface area (TPSA) is 69.7 Å². The highest BCUT2D eigenvalue weighted by molar-refractivity contribution is 5.91. The van der Waals surface area contributed by atoms with Gasteiger partial charge in [0, 0.05) is 32.6 Å². The zero-order valence-electron chi connectivity index (χ0n) is 18.5. The number of amides is 3. The Labute approximate surface area is 193 Å². The first-order valence-electron chi connectivity index (χ1n) is 11.3. The summed E-state index contributed by atoms with van der Waals surface area (Å²) in [6.45, 7) is 5.35. The van der Waals surface area contributed by atoms with Crippen molar-refractivity contribution in [3.05, 3.63) is 72.6 Å². The molecular weight excluding hydrogens is 421 g/mol. The number of benzene rings is 2. The molecule has 2 aromatic carbocycles. The SMILES string of the molecule is C=CCN1CCN(C(=O)[C@@H]2CCC(=O)N2)C[C@H](Cc2cccc(-c3ccc(F)cc3)c2)C1=O. The van der Waals surface area contributed by atoms with Crippen LogP contribution in [0.3, 0.4) is 0 Å². The van der Waals surface area contributed by atoms with Crippen molar-refractivity contribution in [2.45, 2.75) is 25.3 Å². The first-order chi connectivity index (χ1) is 15.9. The van der Waals surface area contributed by atoms with E-state index >= 15 is 0 Å². The van der Waals surface area contributed by atoms with Gasteiger partial charge in [0.1, 0.15) is 11.9 Å². The molecule has 0 radical (unpaired) electrons. The van der Waals surface area contributed by atoms with Gasteiger partial charge in [0.15, 0.2) is 0 Å². The van der Waals surface area contributed by atoms with Gasteiger partial charge in [0.05, 0.1) is 5.92 Å². The van der Waals surface area contributed by atoms with Gasteiger partial charge >= 0.3 is 0 Å². The maximum Gasteiger partial charge on any atom is 0.245 e. The highest BCUT2D eigenvalue weighted by Gasteiger charge is 2.36. The van der Waals surface area contributed by atoms with E-state index in [1.54, 1.807) is 28.0 Å². The molecular formula is C26H28FN3O3. The number of hydrogen-bond donors (Lipinski definition) is 1. The molecule has 0 aliphatic carbocycles. The minimum atomic E-state index is -0.513. The van der Waals surface area contributed by atoms with E-state index in [9.17, 15) is 18.8 Å². The summed E-state index contributed by atoms with van der Waals surface area (Å²) < 4.78 is 13.3. The van der Waals surface area contributed by atoms with Crippen molar-refractivity contribution in [1.29, 1.82) is 0 Å². The number of rotatable bonds is 6. The van der Waals surface area contributed by atoms with E-state index in [2.05, 4.69) is 11.9 Å². The van der Waals surface area contributed by atoms with E-state index in [4.69, 9.17) is 0 Å². The molecule has 0 unspecified atom stereocenters. The van der Waals surface area contributed by atoms with Crippen LogP contribution in [0.1, 0.15) is 18.4 Å². The second-order valence-electron chi connectivity index (χ2n) is 8.62. The molecule has 0 bridgehead atoms. The predicted octanol–water partition coefficient (Wildman–Crippen LogP) is 2.79. The van der Waals surface area contributed by atoms with Crippen LogP contribution in [0, 0.1) is 11.7 Å². The molecule has 0 spiro atoms. The number of halogens is 1. The zero-order valence-corrected chi connectivity index (χ0v) is 18.5. The molecule has 7 heteroatoms. The molecule has 0 saturated carbocycles.